The van der Waals surface area contributed by atoms with Gasteiger partial charge in [0.2, 0.25) is 5.95 Å². The fraction of sp³-hybridized carbons (Fsp3) is 0.345. The van der Waals surface area contributed by atoms with Crippen LogP contribution < -0.4 is 20.9 Å². The minimum atomic E-state index is -0.484. The number of nitrogens with zero attached hydrogens (tertiary/aromatic N) is 5. The van der Waals surface area contributed by atoms with Gasteiger partial charge in [0.1, 0.15) is 11.6 Å². The van der Waals surface area contributed by atoms with Crippen molar-refractivity contribution in [1.82, 2.24) is 18.7 Å². The first-order valence-corrected chi connectivity index (χ1v) is 13.2. The number of ether oxygens (including phenoxy) is 1. The number of aromatic nitrogens is 4. The highest BCUT2D eigenvalue weighted by atomic mass is 35.5. The Morgan fingerprint density at radius 2 is 1.87 bits per heavy atom. The topological polar surface area (TPSA) is 74.3 Å². The summed E-state index contributed by atoms with van der Waals surface area (Å²) in [6, 6.07) is 12.5. The summed E-state index contributed by atoms with van der Waals surface area (Å²) in [6.45, 7) is 3.51. The number of methoxy groups -OCH3 is 1. The highest BCUT2D eigenvalue weighted by molar-refractivity contribution is 6.31. The molecule has 10 heteroatoms. The van der Waals surface area contributed by atoms with Gasteiger partial charge in [0.05, 0.1) is 13.7 Å². The van der Waals surface area contributed by atoms with E-state index in [0.29, 0.717) is 19.0 Å². The van der Waals surface area contributed by atoms with Gasteiger partial charge in [-0.05, 0) is 48.6 Å². The maximum absolute atomic E-state index is 14.9. The average Bonchev–Trinajstić information content (AvgIpc) is 3.20. The molecule has 0 N–H and O–H groups in total. The Labute approximate surface area is 230 Å². The monoisotopic (exact) mass is 551 g/mol. The van der Waals surface area contributed by atoms with Crippen molar-refractivity contribution in [2.45, 2.75) is 26.3 Å². The van der Waals surface area contributed by atoms with Crippen LogP contribution in [0.5, 0.6) is 5.75 Å². The van der Waals surface area contributed by atoms with Gasteiger partial charge in [-0.3, -0.25) is 18.5 Å². The summed E-state index contributed by atoms with van der Waals surface area (Å²) in [5.74, 6) is 1.15. The lowest BCUT2D eigenvalue weighted by molar-refractivity contribution is 0.415. The zero-order valence-electron chi connectivity index (χ0n) is 22.4. The minimum Gasteiger partial charge on any atom is -0.497 e. The fourth-order valence-electron chi connectivity index (χ4n) is 5.28. The lowest BCUT2D eigenvalue weighted by Crippen LogP contribution is -2.37. The number of benzene rings is 2. The van der Waals surface area contributed by atoms with Crippen LogP contribution in [0.2, 0.25) is 5.02 Å². The van der Waals surface area contributed by atoms with Gasteiger partial charge in [-0.15, -0.1) is 0 Å². The number of hydrogen-bond acceptors (Lipinski definition) is 5. The molecule has 0 bridgehead atoms. The van der Waals surface area contributed by atoms with E-state index in [1.54, 1.807) is 30.9 Å². The van der Waals surface area contributed by atoms with Crippen LogP contribution in [0.1, 0.15) is 30.9 Å². The van der Waals surface area contributed by atoms with Gasteiger partial charge in [-0.25, -0.2) is 9.18 Å². The lowest BCUT2D eigenvalue weighted by atomic mass is 9.98. The Kier molecular flexibility index (Phi) is 7.36. The minimum absolute atomic E-state index is 0.00418. The van der Waals surface area contributed by atoms with E-state index in [1.807, 2.05) is 24.3 Å². The van der Waals surface area contributed by atoms with E-state index in [9.17, 15) is 14.0 Å². The molecule has 0 amide bonds. The molecule has 0 aliphatic carbocycles. The molecule has 39 heavy (non-hydrogen) atoms. The summed E-state index contributed by atoms with van der Waals surface area (Å²) < 4.78 is 24.3. The molecule has 1 aliphatic heterocycles. The molecule has 2 aromatic carbocycles. The highest BCUT2D eigenvalue weighted by Crippen LogP contribution is 2.30. The first kappa shape index (κ1) is 26.7. The summed E-state index contributed by atoms with van der Waals surface area (Å²) >= 11 is 6.39. The van der Waals surface area contributed by atoms with E-state index in [0.717, 1.165) is 28.7 Å². The molecule has 1 fully saturated rings. The van der Waals surface area contributed by atoms with Crippen LogP contribution in [0.3, 0.4) is 0 Å². The van der Waals surface area contributed by atoms with E-state index in [4.69, 9.17) is 21.3 Å². The largest absolute Gasteiger partial charge is 0.497 e. The summed E-state index contributed by atoms with van der Waals surface area (Å²) in [5, 5.41) is 0.262. The molecule has 0 spiro atoms. The first-order chi connectivity index (χ1) is 18.7. The van der Waals surface area contributed by atoms with Crippen molar-refractivity contribution in [3.63, 3.8) is 0 Å². The molecule has 4 aromatic rings. The van der Waals surface area contributed by atoms with Gasteiger partial charge in [0, 0.05) is 37.8 Å². The molecule has 2 aromatic heterocycles. The van der Waals surface area contributed by atoms with Crippen molar-refractivity contribution in [3.8, 4) is 5.75 Å². The smallest absolute Gasteiger partial charge is 0.332 e. The molecule has 0 radical (unpaired) electrons. The molecule has 3 heterocycles. The fourth-order valence-corrected chi connectivity index (χ4v) is 5.50. The molecule has 1 aliphatic rings. The van der Waals surface area contributed by atoms with Crippen molar-refractivity contribution in [2.75, 3.05) is 25.1 Å². The van der Waals surface area contributed by atoms with Crippen LogP contribution in [0.25, 0.3) is 17.2 Å². The van der Waals surface area contributed by atoms with E-state index in [-0.39, 0.29) is 34.2 Å². The number of fused-ring (bicyclic) bond motifs is 1. The van der Waals surface area contributed by atoms with E-state index in [2.05, 4.69) is 17.9 Å². The summed E-state index contributed by atoms with van der Waals surface area (Å²) in [6.07, 6.45) is 3.90. The molecule has 8 nitrogen and oxygen atoms in total. The third-order valence-electron chi connectivity index (χ3n) is 7.32. The highest BCUT2D eigenvalue weighted by Gasteiger charge is 2.27. The standard InChI is InChI=1S/C29H31ClFN5O3/c1-18-14-20(15-19-8-10-21(39-4)11-9-19)12-13-35(16-18)28-32-26-25(27(37)34(3)29(38)33(26)2)36(28)17-22-23(30)6-5-7-24(22)31/h5-11,15,18H,12-14,16-17H2,1-4H3/b20-15+. The Bertz CT molecular complexity index is 1670. The molecule has 0 saturated carbocycles. The molecular weight excluding hydrogens is 521 g/mol. The van der Waals surface area contributed by atoms with E-state index < -0.39 is 17.1 Å². The third kappa shape index (κ3) is 5.11. The lowest BCUT2D eigenvalue weighted by Gasteiger charge is -2.24. The summed E-state index contributed by atoms with van der Waals surface area (Å²) in [4.78, 5) is 33.0. The summed E-state index contributed by atoms with van der Waals surface area (Å²) in [5.41, 5.74) is 2.21. The normalized spacial score (nSPS) is 17.1. The van der Waals surface area contributed by atoms with Crippen molar-refractivity contribution in [2.24, 2.45) is 20.0 Å². The number of anilines is 1. The van der Waals surface area contributed by atoms with Gasteiger partial charge in [-0.2, -0.15) is 4.98 Å². The number of rotatable bonds is 5. The number of halogens is 2. The Morgan fingerprint density at radius 3 is 2.56 bits per heavy atom. The van der Waals surface area contributed by atoms with Crippen LogP contribution in [0, 0.1) is 11.7 Å². The SMILES string of the molecule is COc1ccc(/C=C2\CCN(c3nc4c(c(=O)n(C)c(=O)n4C)n3Cc3c(F)cccc3Cl)CC(C)C2)cc1. The molecule has 1 saturated heterocycles. The van der Waals surface area contributed by atoms with E-state index >= 15 is 0 Å². The van der Waals surface area contributed by atoms with Crippen LogP contribution in [0.4, 0.5) is 10.3 Å². The second-order valence-electron chi connectivity index (χ2n) is 10.2. The zero-order valence-corrected chi connectivity index (χ0v) is 23.2. The molecule has 5 rings (SSSR count). The van der Waals surface area contributed by atoms with Crippen LogP contribution in [0.15, 0.2) is 57.6 Å². The second kappa shape index (κ2) is 10.7. The zero-order chi connectivity index (χ0) is 27.8. The quantitative estimate of drug-likeness (QED) is 0.362. The van der Waals surface area contributed by atoms with Crippen molar-refractivity contribution >= 4 is 34.8 Å². The number of aryl methyl sites for hydroxylation is 1. The van der Waals surface area contributed by atoms with Crippen molar-refractivity contribution < 1.29 is 9.13 Å². The van der Waals surface area contributed by atoms with Gasteiger partial charge in [0.25, 0.3) is 5.56 Å². The maximum Gasteiger partial charge on any atom is 0.332 e. The average molecular weight is 552 g/mol. The van der Waals surface area contributed by atoms with Gasteiger partial charge >= 0.3 is 5.69 Å². The van der Waals surface area contributed by atoms with Crippen molar-refractivity contribution in [3.05, 3.63) is 90.8 Å². The Hall–Kier alpha value is -3.85. The number of imidazole rings is 1. The second-order valence-corrected chi connectivity index (χ2v) is 10.6. The van der Waals surface area contributed by atoms with Gasteiger partial charge in [0.15, 0.2) is 11.2 Å². The van der Waals surface area contributed by atoms with Gasteiger partial charge in [-0.1, -0.05) is 48.4 Å². The predicted octanol–water partition coefficient (Wildman–Crippen LogP) is 4.60. The first-order valence-electron chi connectivity index (χ1n) is 12.9. The molecule has 1 unspecified atom stereocenters. The molecule has 1 atom stereocenters. The van der Waals surface area contributed by atoms with Crippen LogP contribution in [-0.2, 0) is 20.6 Å². The molecule has 204 valence electrons. The summed E-state index contributed by atoms with van der Waals surface area (Å²) in [7, 11) is 4.67. The Morgan fingerprint density at radius 1 is 1.13 bits per heavy atom. The molecular formula is C29H31ClFN5O3. The van der Waals surface area contributed by atoms with Crippen molar-refractivity contribution in [1.29, 1.82) is 0 Å². The van der Waals surface area contributed by atoms with Gasteiger partial charge < -0.3 is 9.64 Å². The van der Waals surface area contributed by atoms with E-state index in [1.165, 1.54) is 23.3 Å². The maximum atomic E-state index is 14.9. The van der Waals surface area contributed by atoms with Crippen LogP contribution in [-0.4, -0.2) is 38.9 Å². The third-order valence-corrected chi connectivity index (χ3v) is 7.67. The Balaban J connectivity index is 1.59. The number of hydrogen-bond donors (Lipinski definition) is 0. The van der Waals surface area contributed by atoms with Crippen LogP contribution >= 0.6 is 11.6 Å². The predicted molar refractivity (Wildman–Crippen MR) is 152 cm³/mol.